The summed E-state index contributed by atoms with van der Waals surface area (Å²) in [5.41, 5.74) is 1.69. The molecule has 4 heterocycles. The van der Waals surface area contributed by atoms with Gasteiger partial charge in [0.15, 0.2) is 0 Å². The van der Waals surface area contributed by atoms with Crippen LogP contribution in [0.2, 0.25) is 0 Å². The SMILES string of the molecule is O=C1CCC(N2C(=O)c3ccc(CN4CCC(C5CCCN5)C4)cc3C2=O)C(=O)N1. The minimum absolute atomic E-state index is 0.126. The van der Waals surface area contributed by atoms with E-state index in [0.29, 0.717) is 23.1 Å². The number of benzene rings is 1. The van der Waals surface area contributed by atoms with E-state index < -0.39 is 23.8 Å². The number of imide groups is 2. The van der Waals surface area contributed by atoms with Crippen LogP contribution in [0.25, 0.3) is 0 Å². The second kappa shape index (κ2) is 7.59. The van der Waals surface area contributed by atoms with Gasteiger partial charge in [0.1, 0.15) is 6.04 Å². The molecule has 3 atom stereocenters. The molecule has 4 aliphatic rings. The van der Waals surface area contributed by atoms with Crippen molar-refractivity contribution in [1.29, 1.82) is 0 Å². The van der Waals surface area contributed by atoms with E-state index in [-0.39, 0.29) is 18.7 Å². The number of hydrogen-bond donors (Lipinski definition) is 2. The Morgan fingerprint density at radius 3 is 2.60 bits per heavy atom. The average Bonchev–Trinajstić information content (AvgIpc) is 3.45. The largest absolute Gasteiger partial charge is 0.314 e. The molecule has 1 aromatic carbocycles. The van der Waals surface area contributed by atoms with E-state index in [1.54, 1.807) is 12.1 Å². The first-order chi connectivity index (χ1) is 14.5. The molecular weight excluding hydrogens is 384 g/mol. The second-order valence-electron chi connectivity index (χ2n) is 8.81. The number of nitrogens with one attached hydrogen (secondary N) is 2. The normalized spacial score (nSPS) is 29.6. The third-order valence-electron chi connectivity index (χ3n) is 6.89. The van der Waals surface area contributed by atoms with Crippen molar-refractivity contribution in [2.75, 3.05) is 19.6 Å². The molecule has 3 unspecified atom stereocenters. The van der Waals surface area contributed by atoms with Crippen LogP contribution in [-0.4, -0.2) is 65.1 Å². The molecule has 0 saturated carbocycles. The molecule has 2 N–H and O–H groups in total. The number of rotatable bonds is 4. The monoisotopic (exact) mass is 410 g/mol. The van der Waals surface area contributed by atoms with Gasteiger partial charge >= 0.3 is 0 Å². The van der Waals surface area contributed by atoms with Gasteiger partial charge in [0.2, 0.25) is 11.8 Å². The molecule has 4 amide bonds. The highest BCUT2D eigenvalue weighted by Crippen LogP contribution is 2.30. The smallest absolute Gasteiger partial charge is 0.262 e. The Labute approximate surface area is 175 Å². The molecule has 0 aliphatic carbocycles. The maximum atomic E-state index is 13.0. The maximum Gasteiger partial charge on any atom is 0.262 e. The highest BCUT2D eigenvalue weighted by atomic mass is 16.2. The number of carbonyl (C=O) groups is 4. The molecule has 8 nitrogen and oxygen atoms in total. The number of hydrogen-bond acceptors (Lipinski definition) is 6. The Bertz CT molecular complexity index is 924. The molecular formula is C22H26N4O4. The summed E-state index contributed by atoms with van der Waals surface area (Å²) in [5.74, 6) is -1.17. The van der Waals surface area contributed by atoms with Crippen molar-refractivity contribution in [3.8, 4) is 0 Å². The summed E-state index contributed by atoms with van der Waals surface area (Å²) in [7, 11) is 0. The van der Waals surface area contributed by atoms with Crippen molar-refractivity contribution >= 4 is 23.6 Å². The fraction of sp³-hybridized carbons (Fsp3) is 0.545. The van der Waals surface area contributed by atoms with Gasteiger partial charge in [0.05, 0.1) is 11.1 Å². The maximum absolute atomic E-state index is 13.0. The number of likely N-dealkylation sites (tertiary alicyclic amines) is 1. The van der Waals surface area contributed by atoms with E-state index in [9.17, 15) is 19.2 Å². The summed E-state index contributed by atoms with van der Waals surface area (Å²) in [4.78, 5) is 52.8. The number of amides is 4. The van der Waals surface area contributed by atoms with Crippen molar-refractivity contribution in [3.63, 3.8) is 0 Å². The summed E-state index contributed by atoms with van der Waals surface area (Å²) in [6.07, 6.45) is 3.99. The molecule has 158 valence electrons. The van der Waals surface area contributed by atoms with Crippen LogP contribution in [0.3, 0.4) is 0 Å². The van der Waals surface area contributed by atoms with Gasteiger partial charge in [-0.2, -0.15) is 0 Å². The zero-order valence-electron chi connectivity index (χ0n) is 16.9. The van der Waals surface area contributed by atoms with E-state index in [0.717, 1.165) is 36.6 Å². The Morgan fingerprint density at radius 1 is 1.00 bits per heavy atom. The topological polar surface area (TPSA) is 98.8 Å². The van der Waals surface area contributed by atoms with E-state index in [1.807, 2.05) is 6.07 Å². The van der Waals surface area contributed by atoms with Crippen LogP contribution < -0.4 is 10.6 Å². The fourth-order valence-corrected chi connectivity index (χ4v) is 5.32. The molecule has 1 aromatic rings. The van der Waals surface area contributed by atoms with Crippen molar-refractivity contribution in [2.45, 2.75) is 50.7 Å². The molecule has 3 saturated heterocycles. The van der Waals surface area contributed by atoms with Crippen LogP contribution in [0, 0.1) is 5.92 Å². The first-order valence-electron chi connectivity index (χ1n) is 10.8. The van der Waals surface area contributed by atoms with E-state index in [4.69, 9.17) is 0 Å². The molecule has 4 aliphatic heterocycles. The minimum atomic E-state index is -0.920. The van der Waals surface area contributed by atoms with Crippen LogP contribution in [0.4, 0.5) is 0 Å². The quantitative estimate of drug-likeness (QED) is 0.708. The lowest BCUT2D eigenvalue weighted by Crippen LogP contribution is -2.54. The molecule has 3 fully saturated rings. The molecule has 0 bridgehead atoms. The van der Waals surface area contributed by atoms with Gasteiger partial charge in [0.25, 0.3) is 11.8 Å². The minimum Gasteiger partial charge on any atom is -0.314 e. The first kappa shape index (κ1) is 19.4. The lowest BCUT2D eigenvalue weighted by Gasteiger charge is -2.27. The van der Waals surface area contributed by atoms with E-state index in [2.05, 4.69) is 15.5 Å². The summed E-state index contributed by atoms with van der Waals surface area (Å²) < 4.78 is 0. The predicted octanol–water partition coefficient (Wildman–Crippen LogP) is 0.662. The summed E-state index contributed by atoms with van der Waals surface area (Å²) in [5, 5.41) is 5.83. The fourth-order valence-electron chi connectivity index (χ4n) is 5.32. The van der Waals surface area contributed by atoms with Gasteiger partial charge in [-0.15, -0.1) is 0 Å². The standard InChI is InChI=1S/C22H26N4O4/c27-19-6-5-18(20(28)24-19)26-21(29)15-4-3-13(10-16(15)22(26)30)11-25-9-7-14(12-25)17-2-1-8-23-17/h3-4,10,14,17-18,23H,1-2,5-9,11-12H2,(H,24,27,28). The highest BCUT2D eigenvalue weighted by Gasteiger charge is 2.44. The summed E-state index contributed by atoms with van der Waals surface area (Å²) >= 11 is 0. The van der Waals surface area contributed by atoms with Crippen LogP contribution in [0.5, 0.6) is 0 Å². The highest BCUT2D eigenvalue weighted by molar-refractivity contribution is 6.23. The summed E-state index contributed by atoms with van der Waals surface area (Å²) in [6.45, 7) is 3.95. The third-order valence-corrected chi connectivity index (χ3v) is 6.89. The Hall–Kier alpha value is -2.58. The molecule has 8 heteroatoms. The second-order valence-corrected chi connectivity index (χ2v) is 8.81. The number of piperidine rings is 1. The lowest BCUT2D eigenvalue weighted by atomic mass is 9.98. The van der Waals surface area contributed by atoms with Crippen LogP contribution >= 0.6 is 0 Å². The Balaban J connectivity index is 1.29. The van der Waals surface area contributed by atoms with Crippen LogP contribution in [-0.2, 0) is 16.1 Å². The molecule has 0 spiro atoms. The summed E-state index contributed by atoms with van der Waals surface area (Å²) in [6, 6.07) is 5.10. The predicted molar refractivity (Wildman–Crippen MR) is 108 cm³/mol. The van der Waals surface area contributed by atoms with Gasteiger partial charge in [0, 0.05) is 25.6 Å². The zero-order chi connectivity index (χ0) is 20.8. The van der Waals surface area contributed by atoms with Crippen molar-refractivity contribution in [2.24, 2.45) is 5.92 Å². The van der Waals surface area contributed by atoms with Gasteiger partial charge in [-0.05, 0) is 62.4 Å². The number of nitrogens with zero attached hydrogens (tertiary/aromatic N) is 2. The van der Waals surface area contributed by atoms with Crippen molar-refractivity contribution < 1.29 is 19.2 Å². The van der Waals surface area contributed by atoms with Crippen molar-refractivity contribution in [3.05, 3.63) is 34.9 Å². The Kier molecular flexibility index (Phi) is 4.91. The number of fused-ring (bicyclic) bond motifs is 1. The molecule has 0 aromatic heterocycles. The zero-order valence-corrected chi connectivity index (χ0v) is 16.9. The first-order valence-corrected chi connectivity index (χ1v) is 10.8. The molecule has 5 rings (SSSR count). The van der Waals surface area contributed by atoms with Gasteiger partial charge in [-0.1, -0.05) is 6.07 Å². The van der Waals surface area contributed by atoms with E-state index >= 15 is 0 Å². The van der Waals surface area contributed by atoms with Crippen LogP contribution in [0.15, 0.2) is 18.2 Å². The van der Waals surface area contributed by atoms with Crippen molar-refractivity contribution in [1.82, 2.24) is 20.4 Å². The average molecular weight is 410 g/mol. The Morgan fingerprint density at radius 2 is 1.83 bits per heavy atom. The van der Waals surface area contributed by atoms with Crippen LogP contribution in [0.1, 0.15) is 58.4 Å². The number of carbonyl (C=O) groups excluding carboxylic acids is 4. The lowest BCUT2D eigenvalue weighted by molar-refractivity contribution is -0.136. The van der Waals surface area contributed by atoms with E-state index in [1.165, 1.54) is 19.3 Å². The van der Waals surface area contributed by atoms with Gasteiger partial charge in [-0.3, -0.25) is 34.3 Å². The molecule has 0 radical (unpaired) electrons. The molecule has 30 heavy (non-hydrogen) atoms. The van der Waals surface area contributed by atoms with Gasteiger partial charge in [-0.25, -0.2) is 0 Å². The van der Waals surface area contributed by atoms with Gasteiger partial charge < -0.3 is 5.32 Å². The third kappa shape index (κ3) is 3.33.